The number of hydrogen-bond donors (Lipinski definition) is 9. The molecule has 3 fully saturated rings. The topological polar surface area (TPSA) is 244 Å². The predicted octanol–water partition coefficient (Wildman–Crippen LogP) is -0.921. The monoisotopic (exact) mass is 585 g/mol. The molecule has 42 heavy (non-hydrogen) atoms. The molecule has 0 radical (unpaired) electrons. The number of carbonyl (C=O) groups is 4. The lowest BCUT2D eigenvalue weighted by molar-refractivity contribution is -0.138. The molecule has 3 saturated carbocycles. The van der Waals surface area contributed by atoms with Crippen molar-refractivity contribution in [1.29, 1.82) is 5.41 Å². The van der Waals surface area contributed by atoms with Crippen molar-refractivity contribution >= 4 is 29.6 Å². The number of amides is 4. The van der Waals surface area contributed by atoms with E-state index in [1.807, 2.05) is 30.3 Å². The van der Waals surface area contributed by atoms with Gasteiger partial charge < -0.3 is 44.2 Å². The van der Waals surface area contributed by atoms with E-state index in [9.17, 15) is 19.2 Å². The molecule has 4 rings (SSSR count). The van der Waals surface area contributed by atoms with Gasteiger partial charge in [0.2, 0.25) is 23.6 Å². The molecule has 13 heteroatoms. The van der Waals surface area contributed by atoms with E-state index >= 15 is 0 Å². The summed E-state index contributed by atoms with van der Waals surface area (Å²) in [4.78, 5) is 52.1. The largest absolute Gasteiger partial charge is 0.370 e. The van der Waals surface area contributed by atoms with E-state index in [-0.39, 0.29) is 24.2 Å². The number of primary amides is 1. The lowest BCUT2D eigenvalue weighted by Gasteiger charge is -2.62. The van der Waals surface area contributed by atoms with E-state index in [0.717, 1.165) is 30.7 Å². The number of nitrogens with one attached hydrogen (secondary N) is 5. The average Bonchev–Trinajstić information content (AvgIpc) is 2.90. The van der Waals surface area contributed by atoms with Crippen LogP contribution < -0.4 is 44.2 Å². The fourth-order valence-electron chi connectivity index (χ4n) is 5.93. The number of benzene rings is 1. The van der Waals surface area contributed by atoms with Crippen molar-refractivity contribution in [2.24, 2.45) is 34.3 Å². The third-order valence-electron chi connectivity index (χ3n) is 8.30. The van der Waals surface area contributed by atoms with Crippen LogP contribution in [0, 0.1) is 16.7 Å². The van der Waals surface area contributed by atoms with Crippen LogP contribution in [0.15, 0.2) is 30.3 Å². The van der Waals surface area contributed by atoms with Crippen molar-refractivity contribution < 1.29 is 19.2 Å². The van der Waals surface area contributed by atoms with Gasteiger partial charge in [-0.2, -0.15) is 0 Å². The summed E-state index contributed by atoms with van der Waals surface area (Å²) in [5.74, 6) is -1.65. The van der Waals surface area contributed by atoms with Crippen molar-refractivity contribution in [1.82, 2.24) is 21.3 Å². The van der Waals surface area contributed by atoms with Crippen LogP contribution in [0.5, 0.6) is 0 Å². The van der Waals surface area contributed by atoms with E-state index in [1.165, 1.54) is 0 Å². The van der Waals surface area contributed by atoms with E-state index in [4.69, 9.17) is 28.3 Å². The van der Waals surface area contributed by atoms with Gasteiger partial charge in [0.15, 0.2) is 5.96 Å². The number of unbranched alkanes of at least 4 members (excludes halogenated alkanes) is 1. The Morgan fingerprint density at radius 2 is 1.45 bits per heavy atom. The zero-order valence-corrected chi connectivity index (χ0v) is 24.2. The molecule has 1 aromatic carbocycles. The number of nitrogens with two attached hydrogens (primary N) is 4. The summed E-state index contributed by atoms with van der Waals surface area (Å²) in [5, 5.41) is 18.3. The highest BCUT2D eigenvalue weighted by atomic mass is 16.2. The second kappa shape index (κ2) is 15.5. The molecule has 0 spiro atoms. The molecular weight excluding hydrogens is 538 g/mol. The molecule has 3 aliphatic rings. The maximum absolute atomic E-state index is 13.6. The molecule has 1 aromatic rings. The first-order chi connectivity index (χ1) is 20.0. The second-order valence-corrected chi connectivity index (χ2v) is 11.8. The molecule has 0 unspecified atom stereocenters. The van der Waals surface area contributed by atoms with E-state index < -0.39 is 47.8 Å². The summed E-state index contributed by atoms with van der Waals surface area (Å²) < 4.78 is 0. The smallest absolute Gasteiger partial charge is 0.243 e. The van der Waals surface area contributed by atoms with Crippen LogP contribution in [0.25, 0.3) is 0 Å². The molecule has 13 nitrogen and oxygen atoms in total. The minimum absolute atomic E-state index is 0.155. The highest BCUT2D eigenvalue weighted by Crippen LogP contribution is 2.66. The van der Waals surface area contributed by atoms with E-state index in [1.54, 1.807) is 0 Å². The van der Waals surface area contributed by atoms with Gasteiger partial charge in [-0.1, -0.05) is 30.3 Å². The quantitative estimate of drug-likeness (QED) is 0.0557. The minimum atomic E-state index is -1.04. The van der Waals surface area contributed by atoms with Crippen LogP contribution in [-0.2, 0) is 25.6 Å². The summed E-state index contributed by atoms with van der Waals surface area (Å²) in [6.07, 6.45) is 6.27. The highest BCUT2D eigenvalue weighted by molar-refractivity contribution is 5.94. The molecule has 3 aliphatic carbocycles. The SMILES string of the molecule is N=C(N)NCCC[C@@H](NC(=O)[C@@H](N)CC12CC(C1)C2)C(=O)N[C@@H](Cc1ccccc1)C(=O)N[C@@H](CCCCN)C(N)=O. The molecule has 232 valence electrons. The lowest BCUT2D eigenvalue weighted by atomic mass is 9.43. The third-order valence-corrected chi connectivity index (χ3v) is 8.30. The summed E-state index contributed by atoms with van der Waals surface area (Å²) in [7, 11) is 0. The first kappa shape index (κ1) is 32.8. The Balaban J connectivity index is 1.71. The molecule has 0 saturated heterocycles. The number of rotatable bonds is 19. The molecule has 4 amide bonds. The standard InChI is InChI=1S/C29H47N9O4/c30-11-5-4-9-21(24(32)39)36-27(42)23(13-18-7-2-1-3-8-18)38-26(41)22(10-6-12-35-28(33)34)37-25(40)20(31)17-29-14-19(15-29)16-29/h1-3,7-8,19-23H,4-6,9-17,30-31H2,(H2,32,39)(H,36,42)(H,37,40)(H,38,41)(H4,33,34,35)/t19?,20-,21-,22+,23-,29?/m0/s1. The Morgan fingerprint density at radius 1 is 0.857 bits per heavy atom. The molecule has 13 N–H and O–H groups in total. The van der Waals surface area contributed by atoms with Gasteiger partial charge in [0.1, 0.15) is 18.1 Å². The predicted molar refractivity (Wildman–Crippen MR) is 160 cm³/mol. The first-order valence-corrected chi connectivity index (χ1v) is 14.8. The molecular formula is C29H47N9O4. The van der Waals surface area contributed by atoms with Crippen molar-refractivity contribution in [3.63, 3.8) is 0 Å². The van der Waals surface area contributed by atoms with Gasteiger partial charge in [0, 0.05) is 13.0 Å². The Labute approximate surface area is 247 Å². The summed E-state index contributed by atoms with van der Waals surface area (Å²) in [6.45, 7) is 0.773. The zero-order chi connectivity index (χ0) is 30.7. The molecule has 0 heterocycles. The van der Waals surface area contributed by atoms with E-state index in [0.29, 0.717) is 45.2 Å². The maximum Gasteiger partial charge on any atom is 0.243 e. The van der Waals surface area contributed by atoms with Gasteiger partial charge in [-0.3, -0.25) is 24.6 Å². The minimum Gasteiger partial charge on any atom is -0.370 e. The van der Waals surface area contributed by atoms with Gasteiger partial charge in [-0.15, -0.1) is 0 Å². The molecule has 4 atom stereocenters. The summed E-state index contributed by atoms with van der Waals surface area (Å²) in [6, 6.07) is 5.47. The average molecular weight is 586 g/mol. The Bertz CT molecular complexity index is 1080. The zero-order valence-electron chi connectivity index (χ0n) is 24.2. The van der Waals surface area contributed by atoms with Crippen LogP contribution >= 0.6 is 0 Å². The third kappa shape index (κ3) is 9.69. The Hall–Kier alpha value is -3.71. The Morgan fingerprint density at radius 3 is 2.02 bits per heavy atom. The van der Waals surface area contributed by atoms with Gasteiger partial charge >= 0.3 is 0 Å². The summed E-state index contributed by atoms with van der Waals surface area (Å²) in [5.41, 5.74) is 23.7. The second-order valence-electron chi connectivity index (χ2n) is 11.8. The van der Waals surface area contributed by atoms with Crippen molar-refractivity contribution in [3.8, 4) is 0 Å². The van der Waals surface area contributed by atoms with Gasteiger partial charge in [0.25, 0.3) is 0 Å². The van der Waals surface area contributed by atoms with Crippen LogP contribution in [0.2, 0.25) is 0 Å². The fourth-order valence-corrected chi connectivity index (χ4v) is 5.93. The fraction of sp³-hybridized carbons (Fsp3) is 0.621. The Kier molecular flexibility index (Phi) is 12.1. The van der Waals surface area contributed by atoms with Crippen LogP contribution in [0.1, 0.15) is 63.4 Å². The molecule has 0 aromatic heterocycles. The first-order valence-electron chi connectivity index (χ1n) is 14.8. The van der Waals surface area contributed by atoms with Crippen LogP contribution in [-0.4, -0.2) is 66.8 Å². The van der Waals surface area contributed by atoms with Gasteiger partial charge in [-0.05, 0) is 81.2 Å². The van der Waals surface area contributed by atoms with E-state index in [2.05, 4.69) is 21.3 Å². The number of guanidine groups is 1. The number of hydrogen-bond acceptors (Lipinski definition) is 7. The molecule has 2 bridgehead atoms. The molecule has 0 aliphatic heterocycles. The van der Waals surface area contributed by atoms with Crippen LogP contribution in [0.3, 0.4) is 0 Å². The van der Waals surface area contributed by atoms with Crippen molar-refractivity contribution in [3.05, 3.63) is 35.9 Å². The van der Waals surface area contributed by atoms with Crippen LogP contribution in [0.4, 0.5) is 0 Å². The van der Waals surface area contributed by atoms with Gasteiger partial charge in [0.05, 0.1) is 6.04 Å². The van der Waals surface area contributed by atoms with Crippen molar-refractivity contribution in [2.75, 3.05) is 13.1 Å². The maximum atomic E-state index is 13.6. The lowest BCUT2D eigenvalue weighted by Crippen LogP contribution is -2.59. The number of carbonyl (C=O) groups excluding carboxylic acids is 4. The highest BCUT2D eigenvalue weighted by Gasteiger charge is 2.57. The summed E-state index contributed by atoms with van der Waals surface area (Å²) >= 11 is 0. The normalized spacial score (nSPS) is 21.3. The van der Waals surface area contributed by atoms with Gasteiger partial charge in [-0.25, -0.2) is 0 Å². The van der Waals surface area contributed by atoms with Crippen molar-refractivity contribution in [2.45, 2.75) is 88.4 Å².